The Hall–Kier alpha value is -0.420. The second kappa shape index (κ2) is 7.23. The molecule has 1 saturated heterocycles. The molecule has 118 valence electrons. The third-order valence-corrected chi connectivity index (χ3v) is 6.54. The van der Waals surface area contributed by atoms with Crippen LogP contribution in [0.1, 0.15) is 48.4 Å². The van der Waals surface area contributed by atoms with Gasteiger partial charge in [-0.25, -0.2) is 0 Å². The highest BCUT2D eigenvalue weighted by molar-refractivity contribution is 7.12. The molecule has 0 amide bonds. The highest BCUT2D eigenvalue weighted by atomic mass is 32.1. The molecule has 1 aromatic heterocycles. The summed E-state index contributed by atoms with van der Waals surface area (Å²) in [6.07, 6.45) is 6.85. The van der Waals surface area contributed by atoms with E-state index >= 15 is 0 Å². The summed E-state index contributed by atoms with van der Waals surface area (Å²) >= 11 is 1.95. The molecule has 0 aromatic carbocycles. The van der Waals surface area contributed by atoms with Gasteiger partial charge in [-0.3, -0.25) is 9.80 Å². The number of hydrogen-bond donors (Lipinski definition) is 1. The van der Waals surface area contributed by atoms with Gasteiger partial charge < -0.3 is 5.73 Å². The van der Waals surface area contributed by atoms with Crippen LogP contribution in [0, 0.1) is 0 Å². The molecular formula is C17H29N3S. The van der Waals surface area contributed by atoms with Crippen molar-refractivity contribution in [2.75, 3.05) is 32.7 Å². The number of nitrogens with two attached hydrogens (primary N) is 1. The molecule has 2 heterocycles. The molecule has 2 N–H and O–H groups in total. The van der Waals surface area contributed by atoms with Gasteiger partial charge in [0.1, 0.15) is 0 Å². The fourth-order valence-corrected chi connectivity index (χ4v) is 4.99. The molecule has 2 aliphatic rings. The first-order valence-electron chi connectivity index (χ1n) is 8.58. The van der Waals surface area contributed by atoms with Crippen LogP contribution in [0.3, 0.4) is 0 Å². The highest BCUT2D eigenvalue weighted by Gasteiger charge is 2.29. The number of piperazine rings is 1. The minimum absolute atomic E-state index is 0.432. The zero-order chi connectivity index (χ0) is 14.7. The van der Waals surface area contributed by atoms with E-state index in [1.165, 1.54) is 61.6 Å². The first kappa shape index (κ1) is 15.5. The van der Waals surface area contributed by atoms with E-state index in [0.717, 1.165) is 19.0 Å². The number of thiophene rings is 1. The SMILES string of the molecule is CCc1ccc(C(CN)N2CCN(C3CCCC3)CC2)s1. The molecule has 0 bridgehead atoms. The van der Waals surface area contributed by atoms with Crippen molar-refractivity contribution in [1.29, 1.82) is 0 Å². The van der Waals surface area contributed by atoms with Gasteiger partial charge in [-0.15, -0.1) is 11.3 Å². The lowest BCUT2D eigenvalue weighted by Crippen LogP contribution is -2.51. The Bertz CT molecular complexity index is 431. The molecule has 1 aliphatic carbocycles. The van der Waals surface area contributed by atoms with Crippen molar-refractivity contribution in [3.05, 3.63) is 21.9 Å². The van der Waals surface area contributed by atoms with Crippen LogP contribution in [0.2, 0.25) is 0 Å². The van der Waals surface area contributed by atoms with Crippen molar-refractivity contribution >= 4 is 11.3 Å². The second-order valence-corrected chi connectivity index (χ2v) is 7.62. The van der Waals surface area contributed by atoms with Gasteiger partial charge in [-0.2, -0.15) is 0 Å². The number of rotatable bonds is 5. The fraction of sp³-hybridized carbons (Fsp3) is 0.765. The standard InChI is InChI=1S/C17H29N3S/c1-2-15-7-8-17(21-15)16(13-18)20-11-9-19(10-12-20)14-5-3-4-6-14/h7-8,14,16H,2-6,9-13,18H2,1H3. The zero-order valence-electron chi connectivity index (χ0n) is 13.3. The van der Waals surface area contributed by atoms with Crippen LogP contribution in [-0.4, -0.2) is 48.6 Å². The average Bonchev–Trinajstić information content (AvgIpc) is 3.20. The molecule has 0 radical (unpaired) electrons. The van der Waals surface area contributed by atoms with Crippen LogP contribution in [0.15, 0.2) is 12.1 Å². The van der Waals surface area contributed by atoms with Gasteiger partial charge >= 0.3 is 0 Å². The smallest absolute Gasteiger partial charge is 0.0565 e. The highest BCUT2D eigenvalue weighted by Crippen LogP contribution is 2.30. The van der Waals surface area contributed by atoms with E-state index in [0.29, 0.717) is 6.04 Å². The summed E-state index contributed by atoms with van der Waals surface area (Å²) in [4.78, 5) is 8.27. The van der Waals surface area contributed by atoms with E-state index in [4.69, 9.17) is 5.73 Å². The van der Waals surface area contributed by atoms with E-state index in [-0.39, 0.29) is 0 Å². The van der Waals surface area contributed by atoms with Gasteiger partial charge in [0.25, 0.3) is 0 Å². The average molecular weight is 308 g/mol. The molecule has 1 aliphatic heterocycles. The van der Waals surface area contributed by atoms with Crippen LogP contribution in [0.25, 0.3) is 0 Å². The normalized spacial score (nSPS) is 23.7. The summed E-state index contributed by atoms with van der Waals surface area (Å²) in [6, 6.07) is 5.87. The predicted octanol–water partition coefficient (Wildman–Crippen LogP) is 2.87. The molecule has 3 nitrogen and oxygen atoms in total. The van der Waals surface area contributed by atoms with E-state index in [1.807, 2.05) is 11.3 Å². The van der Waals surface area contributed by atoms with Gasteiger partial charge in [0.2, 0.25) is 0 Å². The number of nitrogens with zero attached hydrogens (tertiary/aromatic N) is 2. The Morgan fingerprint density at radius 3 is 2.48 bits per heavy atom. The summed E-state index contributed by atoms with van der Waals surface area (Å²) in [5, 5.41) is 0. The van der Waals surface area contributed by atoms with Crippen LogP contribution in [0.4, 0.5) is 0 Å². The maximum Gasteiger partial charge on any atom is 0.0565 e. The Morgan fingerprint density at radius 1 is 1.19 bits per heavy atom. The molecule has 1 unspecified atom stereocenters. The Labute approximate surface area is 133 Å². The van der Waals surface area contributed by atoms with Gasteiger partial charge in [-0.1, -0.05) is 19.8 Å². The van der Waals surface area contributed by atoms with Gasteiger partial charge in [-0.05, 0) is 31.4 Å². The van der Waals surface area contributed by atoms with Crippen LogP contribution < -0.4 is 5.73 Å². The van der Waals surface area contributed by atoms with Gasteiger partial charge in [0, 0.05) is 48.5 Å². The molecule has 2 fully saturated rings. The maximum absolute atomic E-state index is 6.09. The lowest BCUT2D eigenvalue weighted by molar-refractivity contribution is 0.0732. The molecular weight excluding hydrogens is 278 g/mol. The Kier molecular flexibility index (Phi) is 5.33. The molecule has 21 heavy (non-hydrogen) atoms. The van der Waals surface area contributed by atoms with Gasteiger partial charge in [0.05, 0.1) is 6.04 Å². The van der Waals surface area contributed by atoms with Crippen molar-refractivity contribution in [3.8, 4) is 0 Å². The van der Waals surface area contributed by atoms with Crippen molar-refractivity contribution in [2.24, 2.45) is 5.73 Å². The molecule has 1 saturated carbocycles. The minimum atomic E-state index is 0.432. The van der Waals surface area contributed by atoms with Crippen LogP contribution in [-0.2, 0) is 6.42 Å². The Balaban J connectivity index is 1.58. The van der Waals surface area contributed by atoms with Crippen LogP contribution in [0.5, 0.6) is 0 Å². The first-order chi connectivity index (χ1) is 10.3. The van der Waals surface area contributed by atoms with Gasteiger partial charge in [0.15, 0.2) is 0 Å². The quantitative estimate of drug-likeness (QED) is 0.908. The summed E-state index contributed by atoms with van der Waals surface area (Å²) in [5.74, 6) is 0. The summed E-state index contributed by atoms with van der Waals surface area (Å²) < 4.78 is 0. The van der Waals surface area contributed by atoms with E-state index in [1.54, 1.807) is 0 Å². The maximum atomic E-state index is 6.09. The fourth-order valence-electron chi connectivity index (χ4n) is 3.89. The number of aryl methyl sites for hydroxylation is 1. The van der Waals surface area contributed by atoms with E-state index < -0.39 is 0 Å². The predicted molar refractivity (Wildman–Crippen MR) is 90.9 cm³/mol. The molecule has 3 rings (SSSR count). The monoisotopic (exact) mass is 307 g/mol. The van der Waals surface area contributed by atoms with Crippen molar-refractivity contribution in [1.82, 2.24) is 9.80 Å². The third kappa shape index (κ3) is 3.50. The van der Waals surface area contributed by atoms with Crippen molar-refractivity contribution in [3.63, 3.8) is 0 Å². The Morgan fingerprint density at radius 2 is 1.90 bits per heavy atom. The molecule has 0 spiro atoms. The zero-order valence-corrected chi connectivity index (χ0v) is 14.1. The number of hydrogen-bond acceptors (Lipinski definition) is 4. The molecule has 1 aromatic rings. The lowest BCUT2D eigenvalue weighted by atomic mass is 10.1. The van der Waals surface area contributed by atoms with E-state index in [2.05, 4.69) is 28.9 Å². The third-order valence-electron chi connectivity index (χ3n) is 5.21. The first-order valence-corrected chi connectivity index (χ1v) is 9.40. The second-order valence-electron chi connectivity index (χ2n) is 6.42. The van der Waals surface area contributed by atoms with E-state index in [9.17, 15) is 0 Å². The van der Waals surface area contributed by atoms with Crippen LogP contribution >= 0.6 is 11.3 Å². The lowest BCUT2D eigenvalue weighted by Gasteiger charge is -2.41. The largest absolute Gasteiger partial charge is 0.329 e. The summed E-state index contributed by atoms with van der Waals surface area (Å²) in [7, 11) is 0. The van der Waals surface area contributed by atoms with Crippen molar-refractivity contribution < 1.29 is 0 Å². The molecule has 4 heteroatoms. The van der Waals surface area contributed by atoms with Crippen molar-refractivity contribution in [2.45, 2.75) is 51.1 Å². The summed E-state index contributed by atoms with van der Waals surface area (Å²) in [6.45, 7) is 7.79. The topological polar surface area (TPSA) is 32.5 Å². The summed E-state index contributed by atoms with van der Waals surface area (Å²) in [5.41, 5.74) is 6.09. The minimum Gasteiger partial charge on any atom is -0.329 e. The molecule has 1 atom stereocenters.